The summed E-state index contributed by atoms with van der Waals surface area (Å²) >= 11 is 0. The molecule has 3 heteroatoms. The number of aromatic amines is 1. The molecule has 3 heterocycles. The van der Waals surface area contributed by atoms with E-state index in [1.165, 1.54) is 27.7 Å². The second-order valence-electron chi connectivity index (χ2n) is 6.29. The highest BCUT2D eigenvalue weighted by Gasteiger charge is 2.19. The molecule has 2 aromatic heterocycles. The van der Waals surface area contributed by atoms with Gasteiger partial charge in [0.25, 0.3) is 0 Å². The van der Waals surface area contributed by atoms with Crippen LogP contribution in [-0.4, -0.2) is 28.5 Å². The highest BCUT2D eigenvalue weighted by atomic mass is 15.1. The van der Waals surface area contributed by atoms with Gasteiger partial charge in [0.2, 0.25) is 0 Å². The fourth-order valence-corrected chi connectivity index (χ4v) is 3.27. The van der Waals surface area contributed by atoms with Crippen molar-refractivity contribution in [2.75, 3.05) is 13.6 Å². The molecule has 0 spiro atoms. The van der Waals surface area contributed by atoms with Crippen LogP contribution in [0.15, 0.2) is 36.7 Å². The van der Waals surface area contributed by atoms with Crippen LogP contribution in [0.5, 0.6) is 0 Å². The maximum Gasteiger partial charge on any atom is 0.0618 e. The Bertz CT molecular complexity index is 926. The Morgan fingerprint density at radius 2 is 2.00 bits per heavy atom. The van der Waals surface area contributed by atoms with Crippen LogP contribution in [0.25, 0.3) is 10.9 Å². The Morgan fingerprint density at radius 3 is 2.83 bits per heavy atom. The molecule has 0 aliphatic carbocycles. The number of aryl methyl sites for hydroxylation is 1. The Kier molecular flexibility index (Phi) is 3.40. The number of H-pyrrole nitrogens is 1. The maximum atomic E-state index is 4.04. The van der Waals surface area contributed by atoms with E-state index in [1.54, 1.807) is 12.4 Å². The summed E-state index contributed by atoms with van der Waals surface area (Å²) in [7, 11) is 2.18. The number of aromatic nitrogens is 2. The number of hydrogen-bond acceptors (Lipinski definition) is 2. The van der Waals surface area contributed by atoms with E-state index < -0.39 is 0 Å². The quantitative estimate of drug-likeness (QED) is 0.646. The monoisotopic (exact) mass is 301 g/mol. The van der Waals surface area contributed by atoms with Crippen LogP contribution in [-0.2, 0) is 13.0 Å². The highest BCUT2D eigenvalue weighted by Crippen LogP contribution is 2.30. The number of benzene rings is 1. The van der Waals surface area contributed by atoms with E-state index in [0.717, 1.165) is 30.6 Å². The smallest absolute Gasteiger partial charge is 0.0618 e. The van der Waals surface area contributed by atoms with Crippen LogP contribution in [0.2, 0.25) is 0 Å². The third-order valence-electron chi connectivity index (χ3n) is 4.44. The minimum absolute atomic E-state index is 0.991. The third-order valence-corrected chi connectivity index (χ3v) is 4.44. The molecule has 0 saturated heterocycles. The molecule has 0 saturated carbocycles. The van der Waals surface area contributed by atoms with Crippen LogP contribution in [0.1, 0.15) is 27.9 Å². The SMILES string of the molecule is Cc1cc(C#Cc2ccncc2)c2[nH]c3c(c2c1)CN(C)CC3. The van der Waals surface area contributed by atoms with Crippen LogP contribution in [0.4, 0.5) is 0 Å². The lowest BCUT2D eigenvalue weighted by Crippen LogP contribution is -2.25. The molecule has 0 atom stereocenters. The lowest BCUT2D eigenvalue weighted by Gasteiger charge is -2.22. The molecule has 0 bridgehead atoms. The number of fused-ring (bicyclic) bond motifs is 3. The lowest BCUT2D eigenvalue weighted by molar-refractivity contribution is 0.313. The van der Waals surface area contributed by atoms with Gasteiger partial charge >= 0.3 is 0 Å². The molecule has 0 unspecified atom stereocenters. The Hall–Kier alpha value is -2.57. The minimum Gasteiger partial charge on any atom is -0.357 e. The van der Waals surface area contributed by atoms with E-state index >= 15 is 0 Å². The van der Waals surface area contributed by atoms with Crippen molar-refractivity contribution in [3.05, 3.63) is 64.6 Å². The molecular formula is C20H19N3. The number of likely N-dealkylation sites (N-methyl/N-ethyl adjacent to an activating group) is 1. The molecule has 1 aliphatic heterocycles. The van der Waals surface area contributed by atoms with Gasteiger partial charge in [-0.3, -0.25) is 4.98 Å². The summed E-state index contributed by atoms with van der Waals surface area (Å²) in [6, 6.07) is 8.33. The van der Waals surface area contributed by atoms with Crippen molar-refractivity contribution in [2.45, 2.75) is 19.9 Å². The largest absolute Gasteiger partial charge is 0.357 e. The number of nitrogens with zero attached hydrogens (tertiary/aromatic N) is 2. The van der Waals surface area contributed by atoms with Crippen molar-refractivity contribution in [1.82, 2.24) is 14.9 Å². The van der Waals surface area contributed by atoms with Crippen LogP contribution >= 0.6 is 0 Å². The van der Waals surface area contributed by atoms with Crippen molar-refractivity contribution in [3.63, 3.8) is 0 Å². The fraction of sp³-hybridized carbons (Fsp3) is 0.250. The van der Waals surface area contributed by atoms with Crippen molar-refractivity contribution < 1.29 is 0 Å². The van der Waals surface area contributed by atoms with Gasteiger partial charge < -0.3 is 9.88 Å². The molecule has 3 nitrogen and oxygen atoms in total. The summed E-state index contributed by atoms with van der Waals surface area (Å²) in [5.41, 5.74) is 7.31. The summed E-state index contributed by atoms with van der Waals surface area (Å²) in [6.45, 7) is 4.26. The maximum absolute atomic E-state index is 4.04. The molecule has 0 radical (unpaired) electrons. The van der Waals surface area contributed by atoms with Gasteiger partial charge in [-0.05, 0) is 49.4 Å². The zero-order chi connectivity index (χ0) is 15.8. The Morgan fingerprint density at radius 1 is 1.17 bits per heavy atom. The lowest BCUT2D eigenvalue weighted by atomic mass is 10.0. The van der Waals surface area contributed by atoms with Gasteiger partial charge in [-0.15, -0.1) is 0 Å². The zero-order valence-corrected chi connectivity index (χ0v) is 13.5. The van der Waals surface area contributed by atoms with Gasteiger partial charge in [-0.2, -0.15) is 0 Å². The first-order chi connectivity index (χ1) is 11.2. The third kappa shape index (κ3) is 2.62. The second kappa shape index (κ2) is 5.57. The minimum atomic E-state index is 0.991. The standard InChI is InChI=1S/C20H19N3/c1-14-11-16(4-3-15-5-8-21-9-6-15)20-17(12-14)18-13-23(2)10-7-19(18)22-20/h5-6,8-9,11-12,22H,7,10,13H2,1-2H3. The van der Waals surface area contributed by atoms with E-state index in [9.17, 15) is 0 Å². The van der Waals surface area contributed by atoms with E-state index in [-0.39, 0.29) is 0 Å². The van der Waals surface area contributed by atoms with Gasteiger partial charge in [-0.1, -0.05) is 11.8 Å². The summed E-state index contributed by atoms with van der Waals surface area (Å²) in [5.74, 6) is 6.59. The number of rotatable bonds is 0. The summed E-state index contributed by atoms with van der Waals surface area (Å²) in [4.78, 5) is 10.0. The Labute approximate surface area is 136 Å². The highest BCUT2D eigenvalue weighted by molar-refractivity contribution is 5.90. The molecule has 4 rings (SSSR count). The number of nitrogens with one attached hydrogen (secondary N) is 1. The van der Waals surface area contributed by atoms with Gasteiger partial charge in [0, 0.05) is 54.1 Å². The van der Waals surface area contributed by atoms with Crippen LogP contribution in [0.3, 0.4) is 0 Å². The van der Waals surface area contributed by atoms with Crippen molar-refractivity contribution in [2.24, 2.45) is 0 Å². The molecule has 1 N–H and O–H groups in total. The first-order valence-electron chi connectivity index (χ1n) is 7.95. The van der Waals surface area contributed by atoms with E-state index in [1.807, 2.05) is 12.1 Å². The van der Waals surface area contributed by atoms with Crippen molar-refractivity contribution in [3.8, 4) is 11.8 Å². The average Bonchev–Trinajstić information content (AvgIpc) is 2.91. The predicted octanol–water partition coefficient (Wildman–Crippen LogP) is 3.26. The Balaban J connectivity index is 1.86. The normalized spacial score (nSPS) is 14.3. The first-order valence-corrected chi connectivity index (χ1v) is 7.95. The van der Waals surface area contributed by atoms with Gasteiger partial charge in [0.1, 0.15) is 0 Å². The predicted molar refractivity (Wildman–Crippen MR) is 93.3 cm³/mol. The van der Waals surface area contributed by atoms with Gasteiger partial charge in [-0.25, -0.2) is 0 Å². The number of pyridine rings is 1. The number of hydrogen-bond donors (Lipinski definition) is 1. The van der Waals surface area contributed by atoms with E-state index in [2.05, 4.69) is 52.8 Å². The topological polar surface area (TPSA) is 31.9 Å². The van der Waals surface area contributed by atoms with E-state index in [4.69, 9.17) is 0 Å². The summed E-state index contributed by atoms with van der Waals surface area (Å²) < 4.78 is 0. The fourth-order valence-electron chi connectivity index (χ4n) is 3.27. The van der Waals surface area contributed by atoms with Crippen LogP contribution < -0.4 is 0 Å². The van der Waals surface area contributed by atoms with Crippen molar-refractivity contribution in [1.29, 1.82) is 0 Å². The molecule has 23 heavy (non-hydrogen) atoms. The summed E-state index contributed by atoms with van der Waals surface area (Å²) in [5, 5.41) is 1.32. The van der Waals surface area contributed by atoms with Crippen molar-refractivity contribution >= 4 is 10.9 Å². The average molecular weight is 301 g/mol. The molecule has 0 amide bonds. The molecule has 3 aromatic rings. The van der Waals surface area contributed by atoms with Crippen LogP contribution in [0, 0.1) is 18.8 Å². The zero-order valence-electron chi connectivity index (χ0n) is 13.5. The summed E-state index contributed by atoms with van der Waals surface area (Å²) in [6.07, 6.45) is 4.63. The molecular weight excluding hydrogens is 282 g/mol. The molecule has 0 fully saturated rings. The van der Waals surface area contributed by atoms with E-state index in [0.29, 0.717) is 0 Å². The molecule has 1 aliphatic rings. The second-order valence-corrected chi connectivity index (χ2v) is 6.29. The molecule has 1 aromatic carbocycles. The van der Waals surface area contributed by atoms with Gasteiger partial charge in [0.15, 0.2) is 0 Å². The molecule has 114 valence electrons. The first kappa shape index (κ1) is 14.0. The van der Waals surface area contributed by atoms with Gasteiger partial charge in [0.05, 0.1) is 5.52 Å².